The van der Waals surface area contributed by atoms with E-state index in [4.69, 9.17) is 35.4 Å². The molecular formula is C13H9Cl2NS. The SMILES string of the molecule is S=C(Nc1ccccc1Cl)c1ccc(Cl)cc1. The summed E-state index contributed by atoms with van der Waals surface area (Å²) in [5.41, 5.74) is 1.71. The van der Waals surface area contributed by atoms with Crippen LogP contribution >= 0.6 is 35.4 Å². The van der Waals surface area contributed by atoms with Crippen LogP contribution in [-0.2, 0) is 0 Å². The summed E-state index contributed by atoms with van der Waals surface area (Å²) >= 11 is 17.1. The molecule has 0 radical (unpaired) electrons. The highest BCUT2D eigenvalue weighted by atomic mass is 35.5. The molecular weight excluding hydrogens is 273 g/mol. The van der Waals surface area contributed by atoms with Crippen molar-refractivity contribution in [2.24, 2.45) is 0 Å². The smallest absolute Gasteiger partial charge is 0.111 e. The number of nitrogens with one attached hydrogen (secondary N) is 1. The van der Waals surface area contributed by atoms with Crippen LogP contribution in [0, 0.1) is 0 Å². The first-order valence-electron chi connectivity index (χ1n) is 4.98. The molecule has 2 rings (SSSR count). The number of hydrogen-bond donors (Lipinski definition) is 1. The Kier molecular flexibility index (Phi) is 4.00. The molecule has 0 aliphatic rings. The predicted octanol–water partition coefficient (Wildman–Crippen LogP) is 4.78. The second-order valence-corrected chi connectivity index (χ2v) is 4.69. The third kappa shape index (κ3) is 3.19. The number of hydrogen-bond acceptors (Lipinski definition) is 1. The van der Waals surface area contributed by atoms with Gasteiger partial charge in [0.1, 0.15) is 4.99 Å². The summed E-state index contributed by atoms with van der Waals surface area (Å²) in [4.78, 5) is 0.620. The molecule has 0 aliphatic carbocycles. The molecule has 0 bridgehead atoms. The first-order valence-corrected chi connectivity index (χ1v) is 6.14. The fourth-order valence-electron chi connectivity index (χ4n) is 1.36. The maximum absolute atomic E-state index is 6.04. The summed E-state index contributed by atoms with van der Waals surface area (Å²) in [6, 6.07) is 14.8. The largest absolute Gasteiger partial charge is 0.345 e. The quantitative estimate of drug-likeness (QED) is 0.795. The minimum Gasteiger partial charge on any atom is -0.345 e. The van der Waals surface area contributed by atoms with Crippen LogP contribution in [0.15, 0.2) is 48.5 Å². The second kappa shape index (κ2) is 5.50. The van der Waals surface area contributed by atoms with E-state index in [1.54, 1.807) is 12.1 Å². The lowest BCUT2D eigenvalue weighted by Gasteiger charge is -2.09. The molecule has 0 spiro atoms. The minimum atomic E-state index is 0.620. The Balaban J connectivity index is 2.17. The third-order valence-electron chi connectivity index (χ3n) is 2.23. The average Bonchev–Trinajstić information content (AvgIpc) is 2.33. The number of thiocarbonyl (C=S) groups is 1. The van der Waals surface area contributed by atoms with Gasteiger partial charge in [-0.2, -0.15) is 0 Å². The van der Waals surface area contributed by atoms with Gasteiger partial charge in [-0.25, -0.2) is 0 Å². The van der Waals surface area contributed by atoms with E-state index < -0.39 is 0 Å². The Hall–Kier alpha value is -1.09. The Morgan fingerprint density at radius 1 is 0.941 bits per heavy atom. The van der Waals surface area contributed by atoms with E-state index in [2.05, 4.69) is 5.32 Å². The van der Waals surface area contributed by atoms with E-state index in [-0.39, 0.29) is 0 Å². The highest BCUT2D eigenvalue weighted by molar-refractivity contribution is 7.81. The normalized spacial score (nSPS) is 10.0. The van der Waals surface area contributed by atoms with Crippen molar-refractivity contribution in [3.63, 3.8) is 0 Å². The van der Waals surface area contributed by atoms with Crippen molar-refractivity contribution >= 4 is 46.1 Å². The van der Waals surface area contributed by atoms with Gasteiger partial charge in [0.05, 0.1) is 10.7 Å². The van der Waals surface area contributed by atoms with Crippen molar-refractivity contribution in [3.05, 3.63) is 64.1 Å². The van der Waals surface area contributed by atoms with E-state index in [9.17, 15) is 0 Å². The van der Waals surface area contributed by atoms with E-state index in [0.717, 1.165) is 11.3 Å². The van der Waals surface area contributed by atoms with Crippen LogP contribution in [0.3, 0.4) is 0 Å². The van der Waals surface area contributed by atoms with E-state index >= 15 is 0 Å². The van der Waals surface area contributed by atoms with Crippen LogP contribution in [0.25, 0.3) is 0 Å². The van der Waals surface area contributed by atoms with Gasteiger partial charge in [0.25, 0.3) is 0 Å². The minimum absolute atomic E-state index is 0.620. The molecule has 0 saturated heterocycles. The van der Waals surface area contributed by atoms with Gasteiger partial charge in [-0.15, -0.1) is 0 Å². The Labute approximate surface area is 115 Å². The van der Waals surface area contributed by atoms with E-state index in [1.165, 1.54) is 0 Å². The lowest BCUT2D eigenvalue weighted by molar-refractivity contribution is 1.61. The lowest BCUT2D eigenvalue weighted by atomic mass is 10.2. The maximum Gasteiger partial charge on any atom is 0.111 e. The summed E-state index contributed by atoms with van der Waals surface area (Å²) in [5, 5.41) is 4.43. The van der Waals surface area contributed by atoms with Crippen molar-refractivity contribution in [2.45, 2.75) is 0 Å². The molecule has 1 N–H and O–H groups in total. The fourth-order valence-corrected chi connectivity index (χ4v) is 1.91. The van der Waals surface area contributed by atoms with Gasteiger partial charge in [0.2, 0.25) is 0 Å². The Morgan fingerprint density at radius 2 is 1.59 bits per heavy atom. The van der Waals surface area contributed by atoms with Crippen molar-refractivity contribution < 1.29 is 0 Å². The molecule has 0 aromatic heterocycles. The van der Waals surface area contributed by atoms with Crippen molar-refractivity contribution in [3.8, 4) is 0 Å². The molecule has 0 unspecified atom stereocenters. The molecule has 0 fully saturated rings. The van der Waals surface area contributed by atoms with Crippen LogP contribution in [0.2, 0.25) is 10.0 Å². The summed E-state index contributed by atoms with van der Waals surface area (Å²) in [6.45, 7) is 0. The number of halogens is 2. The fraction of sp³-hybridized carbons (Fsp3) is 0. The van der Waals surface area contributed by atoms with Crippen molar-refractivity contribution in [1.29, 1.82) is 0 Å². The van der Waals surface area contributed by atoms with Crippen LogP contribution in [0.4, 0.5) is 5.69 Å². The second-order valence-electron chi connectivity index (χ2n) is 3.44. The molecule has 0 saturated carbocycles. The average molecular weight is 282 g/mol. The van der Waals surface area contributed by atoms with Crippen molar-refractivity contribution in [2.75, 3.05) is 5.32 Å². The topological polar surface area (TPSA) is 12.0 Å². The lowest BCUT2D eigenvalue weighted by Crippen LogP contribution is -2.10. The number of rotatable bonds is 2. The Morgan fingerprint density at radius 3 is 2.24 bits per heavy atom. The zero-order valence-electron chi connectivity index (χ0n) is 8.78. The highest BCUT2D eigenvalue weighted by Crippen LogP contribution is 2.21. The predicted molar refractivity (Wildman–Crippen MR) is 78.2 cm³/mol. The monoisotopic (exact) mass is 281 g/mol. The van der Waals surface area contributed by atoms with Crippen LogP contribution < -0.4 is 5.32 Å². The molecule has 0 amide bonds. The summed E-state index contributed by atoms with van der Waals surface area (Å²) < 4.78 is 0. The van der Waals surface area contributed by atoms with Gasteiger partial charge in [0, 0.05) is 10.6 Å². The van der Waals surface area contributed by atoms with Crippen molar-refractivity contribution in [1.82, 2.24) is 0 Å². The van der Waals surface area contributed by atoms with Crippen LogP contribution in [0.5, 0.6) is 0 Å². The summed E-state index contributed by atoms with van der Waals surface area (Å²) in [6.07, 6.45) is 0. The van der Waals surface area contributed by atoms with Crippen LogP contribution in [0.1, 0.15) is 5.56 Å². The molecule has 86 valence electrons. The molecule has 4 heteroatoms. The highest BCUT2D eigenvalue weighted by Gasteiger charge is 2.04. The first kappa shape index (κ1) is 12.4. The zero-order chi connectivity index (χ0) is 12.3. The molecule has 0 heterocycles. The van der Waals surface area contributed by atoms with E-state index in [1.807, 2.05) is 36.4 Å². The molecule has 2 aromatic carbocycles. The van der Waals surface area contributed by atoms with Gasteiger partial charge in [-0.3, -0.25) is 0 Å². The molecule has 1 nitrogen and oxygen atoms in total. The number of benzene rings is 2. The van der Waals surface area contributed by atoms with Crippen LogP contribution in [-0.4, -0.2) is 4.99 Å². The molecule has 0 aliphatic heterocycles. The van der Waals surface area contributed by atoms with Gasteiger partial charge in [0.15, 0.2) is 0 Å². The molecule has 17 heavy (non-hydrogen) atoms. The summed E-state index contributed by atoms with van der Waals surface area (Å²) in [7, 11) is 0. The Bertz CT molecular complexity index is 537. The molecule has 0 atom stereocenters. The van der Waals surface area contributed by atoms with E-state index in [0.29, 0.717) is 15.0 Å². The third-order valence-corrected chi connectivity index (χ3v) is 3.15. The molecule has 2 aromatic rings. The number of anilines is 1. The standard InChI is InChI=1S/C13H9Cl2NS/c14-10-7-5-9(6-8-10)13(17)16-12-4-2-1-3-11(12)15/h1-8H,(H,16,17). The zero-order valence-corrected chi connectivity index (χ0v) is 11.1. The van der Waals surface area contributed by atoms with Gasteiger partial charge < -0.3 is 5.32 Å². The van der Waals surface area contributed by atoms with Gasteiger partial charge in [-0.1, -0.05) is 59.7 Å². The number of para-hydroxylation sites is 1. The summed E-state index contributed by atoms with van der Waals surface area (Å²) in [5.74, 6) is 0. The van der Waals surface area contributed by atoms with Gasteiger partial charge >= 0.3 is 0 Å². The maximum atomic E-state index is 6.04. The van der Waals surface area contributed by atoms with Gasteiger partial charge in [-0.05, 0) is 24.3 Å². The first-order chi connectivity index (χ1) is 8.16.